The fraction of sp³-hybridized carbons (Fsp3) is 0.533. The minimum Gasteiger partial charge on any atom is -0.445 e. The second-order valence-electron chi connectivity index (χ2n) is 4.99. The smallest absolute Gasteiger partial charge is 0.407 e. The summed E-state index contributed by atoms with van der Waals surface area (Å²) >= 11 is 0. The average Bonchev–Trinajstić information content (AvgIpc) is 2.73. The van der Waals surface area contributed by atoms with E-state index in [1.54, 1.807) is 0 Å². The van der Waals surface area contributed by atoms with Crippen LogP contribution in [0, 0.1) is 5.92 Å². The van der Waals surface area contributed by atoms with Gasteiger partial charge in [-0.1, -0.05) is 30.3 Å². The standard InChI is InChI=1S/C15H22N2O2/c18-15(19-12-14-5-2-1-3-6-14)17-11-13-7-4-9-16-10-8-13/h1-3,5-6,13,16H,4,7-12H2,(H,17,18). The lowest BCUT2D eigenvalue weighted by Crippen LogP contribution is -2.30. The SMILES string of the molecule is O=C(NCC1CCCNCC1)OCc1ccccc1. The van der Waals surface area contributed by atoms with E-state index < -0.39 is 0 Å². The molecular formula is C15H22N2O2. The molecule has 4 heteroatoms. The quantitative estimate of drug-likeness (QED) is 0.875. The third kappa shape index (κ3) is 5.30. The first kappa shape index (κ1) is 13.9. The summed E-state index contributed by atoms with van der Waals surface area (Å²) in [6, 6.07) is 9.72. The minimum atomic E-state index is -0.318. The molecule has 1 aromatic carbocycles. The highest BCUT2D eigenvalue weighted by atomic mass is 16.5. The number of ether oxygens (including phenoxy) is 1. The van der Waals surface area contributed by atoms with Gasteiger partial charge < -0.3 is 15.4 Å². The molecule has 0 aromatic heterocycles. The zero-order chi connectivity index (χ0) is 13.3. The van der Waals surface area contributed by atoms with Crippen molar-refractivity contribution >= 4 is 6.09 Å². The maximum absolute atomic E-state index is 11.6. The molecule has 0 spiro atoms. The van der Waals surface area contributed by atoms with Crippen molar-refractivity contribution in [1.29, 1.82) is 0 Å². The molecular weight excluding hydrogens is 240 g/mol. The van der Waals surface area contributed by atoms with E-state index in [2.05, 4.69) is 10.6 Å². The number of carbonyl (C=O) groups is 1. The highest BCUT2D eigenvalue weighted by molar-refractivity contribution is 5.67. The third-order valence-electron chi connectivity index (χ3n) is 3.44. The molecule has 1 unspecified atom stereocenters. The summed E-state index contributed by atoms with van der Waals surface area (Å²) in [5, 5.41) is 6.23. The summed E-state index contributed by atoms with van der Waals surface area (Å²) in [4.78, 5) is 11.6. The predicted molar refractivity (Wildman–Crippen MR) is 74.8 cm³/mol. The van der Waals surface area contributed by atoms with Crippen molar-refractivity contribution in [2.45, 2.75) is 25.9 Å². The summed E-state index contributed by atoms with van der Waals surface area (Å²) in [6.45, 7) is 3.19. The Labute approximate surface area is 114 Å². The number of amides is 1. The van der Waals surface area contributed by atoms with Gasteiger partial charge in [0.1, 0.15) is 6.61 Å². The van der Waals surface area contributed by atoms with E-state index >= 15 is 0 Å². The fourth-order valence-corrected chi connectivity index (χ4v) is 2.30. The van der Waals surface area contributed by atoms with E-state index in [-0.39, 0.29) is 6.09 Å². The van der Waals surface area contributed by atoms with Crippen molar-refractivity contribution in [3.8, 4) is 0 Å². The Morgan fingerprint density at radius 1 is 1.26 bits per heavy atom. The predicted octanol–water partition coefficient (Wildman–Crippen LogP) is 2.30. The second-order valence-corrected chi connectivity index (χ2v) is 4.99. The monoisotopic (exact) mass is 262 g/mol. The fourth-order valence-electron chi connectivity index (χ4n) is 2.30. The van der Waals surface area contributed by atoms with Gasteiger partial charge in [-0.15, -0.1) is 0 Å². The summed E-state index contributed by atoms with van der Waals surface area (Å²) in [6.07, 6.45) is 3.16. The zero-order valence-electron chi connectivity index (χ0n) is 11.2. The molecule has 0 aliphatic carbocycles. The Morgan fingerprint density at radius 2 is 2.11 bits per heavy atom. The van der Waals surface area contributed by atoms with Gasteiger partial charge in [-0.3, -0.25) is 0 Å². The summed E-state index contributed by atoms with van der Waals surface area (Å²) in [5.41, 5.74) is 1.01. The molecule has 104 valence electrons. The van der Waals surface area contributed by atoms with Crippen molar-refractivity contribution in [2.75, 3.05) is 19.6 Å². The number of hydrogen-bond donors (Lipinski definition) is 2. The molecule has 1 atom stereocenters. The summed E-state index contributed by atoms with van der Waals surface area (Å²) in [7, 11) is 0. The van der Waals surface area contributed by atoms with Gasteiger partial charge in [0, 0.05) is 6.54 Å². The van der Waals surface area contributed by atoms with E-state index in [0.717, 1.165) is 31.6 Å². The molecule has 1 saturated heterocycles. The van der Waals surface area contributed by atoms with Crippen LogP contribution in [0.25, 0.3) is 0 Å². The number of benzene rings is 1. The molecule has 2 rings (SSSR count). The number of alkyl carbamates (subject to hydrolysis) is 1. The van der Waals surface area contributed by atoms with Crippen LogP contribution in [0.1, 0.15) is 24.8 Å². The molecule has 1 aliphatic rings. The Balaban J connectivity index is 1.64. The Kier molecular flexibility index (Phi) is 5.69. The van der Waals surface area contributed by atoms with Gasteiger partial charge in [-0.05, 0) is 43.8 Å². The Hall–Kier alpha value is -1.55. The highest BCUT2D eigenvalue weighted by Crippen LogP contribution is 2.12. The van der Waals surface area contributed by atoms with E-state index in [1.165, 1.54) is 12.8 Å². The lowest BCUT2D eigenvalue weighted by molar-refractivity contribution is 0.137. The molecule has 1 aliphatic heterocycles. The van der Waals surface area contributed by atoms with Gasteiger partial charge >= 0.3 is 6.09 Å². The third-order valence-corrected chi connectivity index (χ3v) is 3.44. The maximum atomic E-state index is 11.6. The van der Waals surface area contributed by atoms with Crippen molar-refractivity contribution in [3.63, 3.8) is 0 Å². The molecule has 1 fully saturated rings. The van der Waals surface area contributed by atoms with Crippen LogP contribution in [0.4, 0.5) is 4.79 Å². The average molecular weight is 262 g/mol. The first-order valence-corrected chi connectivity index (χ1v) is 7.00. The molecule has 4 nitrogen and oxygen atoms in total. The van der Waals surface area contributed by atoms with Crippen molar-refractivity contribution < 1.29 is 9.53 Å². The molecule has 1 heterocycles. The zero-order valence-corrected chi connectivity index (χ0v) is 11.2. The molecule has 0 radical (unpaired) electrons. The Morgan fingerprint density at radius 3 is 2.95 bits per heavy atom. The summed E-state index contributed by atoms with van der Waals surface area (Å²) in [5.74, 6) is 0.569. The maximum Gasteiger partial charge on any atom is 0.407 e. The lowest BCUT2D eigenvalue weighted by Gasteiger charge is -2.14. The van der Waals surface area contributed by atoms with Gasteiger partial charge in [-0.25, -0.2) is 4.79 Å². The largest absolute Gasteiger partial charge is 0.445 e. The topological polar surface area (TPSA) is 50.4 Å². The van der Waals surface area contributed by atoms with Crippen molar-refractivity contribution in [1.82, 2.24) is 10.6 Å². The van der Waals surface area contributed by atoms with Gasteiger partial charge in [-0.2, -0.15) is 0 Å². The molecule has 2 N–H and O–H groups in total. The lowest BCUT2D eigenvalue weighted by atomic mass is 10.0. The van der Waals surface area contributed by atoms with Crippen LogP contribution >= 0.6 is 0 Å². The van der Waals surface area contributed by atoms with Crippen LogP contribution in [0.5, 0.6) is 0 Å². The van der Waals surface area contributed by atoms with E-state index in [4.69, 9.17) is 4.74 Å². The molecule has 1 aromatic rings. The number of nitrogens with one attached hydrogen (secondary N) is 2. The molecule has 0 bridgehead atoms. The van der Waals surface area contributed by atoms with Crippen LogP contribution in [-0.4, -0.2) is 25.7 Å². The Bertz CT molecular complexity index is 373. The molecule has 19 heavy (non-hydrogen) atoms. The first-order chi connectivity index (χ1) is 9.34. The number of hydrogen-bond acceptors (Lipinski definition) is 3. The van der Waals surface area contributed by atoms with Crippen molar-refractivity contribution in [2.24, 2.45) is 5.92 Å². The summed E-state index contributed by atoms with van der Waals surface area (Å²) < 4.78 is 5.18. The minimum absolute atomic E-state index is 0.318. The van der Waals surface area contributed by atoms with Gasteiger partial charge in [0.15, 0.2) is 0 Å². The molecule has 0 saturated carbocycles. The van der Waals surface area contributed by atoms with E-state index in [9.17, 15) is 4.79 Å². The first-order valence-electron chi connectivity index (χ1n) is 7.00. The van der Waals surface area contributed by atoms with Crippen LogP contribution in [0.3, 0.4) is 0 Å². The normalized spacial score (nSPS) is 19.5. The second kappa shape index (κ2) is 7.79. The van der Waals surface area contributed by atoms with Gasteiger partial charge in [0.25, 0.3) is 0 Å². The van der Waals surface area contributed by atoms with Crippen LogP contribution < -0.4 is 10.6 Å². The van der Waals surface area contributed by atoms with E-state index in [0.29, 0.717) is 12.5 Å². The number of carbonyl (C=O) groups excluding carboxylic acids is 1. The van der Waals surface area contributed by atoms with Crippen molar-refractivity contribution in [3.05, 3.63) is 35.9 Å². The molecule has 1 amide bonds. The van der Waals surface area contributed by atoms with Crippen LogP contribution in [-0.2, 0) is 11.3 Å². The highest BCUT2D eigenvalue weighted by Gasteiger charge is 2.13. The number of rotatable bonds is 4. The van der Waals surface area contributed by atoms with Crippen LogP contribution in [0.15, 0.2) is 30.3 Å². The van der Waals surface area contributed by atoms with Crippen LogP contribution in [0.2, 0.25) is 0 Å². The van der Waals surface area contributed by atoms with E-state index in [1.807, 2.05) is 30.3 Å². The van der Waals surface area contributed by atoms with Gasteiger partial charge in [0.05, 0.1) is 0 Å². The van der Waals surface area contributed by atoms with Gasteiger partial charge in [0.2, 0.25) is 0 Å².